The molecule has 0 bridgehead atoms. The van der Waals surface area contributed by atoms with Crippen LogP contribution in [0.5, 0.6) is 0 Å². The molecule has 1 aromatic heterocycles. The predicted molar refractivity (Wildman–Crippen MR) is 97.9 cm³/mol. The molecular formula is C21H22N3. The Morgan fingerprint density at radius 2 is 1.54 bits per heavy atom. The maximum atomic E-state index is 4.88. The van der Waals surface area contributed by atoms with Crippen LogP contribution in [-0.2, 0) is 0 Å². The molecule has 2 heterocycles. The first-order chi connectivity index (χ1) is 11.7. The van der Waals surface area contributed by atoms with E-state index < -0.39 is 0 Å². The van der Waals surface area contributed by atoms with Crippen LogP contribution in [0.3, 0.4) is 0 Å². The fourth-order valence-electron chi connectivity index (χ4n) is 3.23. The monoisotopic (exact) mass is 316 g/mol. The Bertz CT molecular complexity index is 692. The Kier molecular flexibility index (Phi) is 4.26. The maximum absolute atomic E-state index is 4.88. The summed E-state index contributed by atoms with van der Waals surface area (Å²) in [6.45, 7) is 6.40. The van der Waals surface area contributed by atoms with Crippen LogP contribution in [0, 0.1) is 45.4 Å². The van der Waals surface area contributed by atoms with Crippen molar-refractivity contribution < 1.29 is 0 Å². The molecule has 3 heteroatoms. The van der Waals surface area contributed by atoms with Crippen LogP contribution in [0.2, 0.25) is 0 Å². The van der Waals surface area contributed by atoms with Crippen LogP contribution < -0.4 is 4.90 Å². The van der Waals surface area contributed by atoms with Gasteiger partial charge in [-0.3, -0.25) is 0 Å². The number of rotatable bonds is 3. The number of hydrogen-bond donors (Lipinski definition) is 0. The maximum Gasteiger partial charge on any atom is 0.226 e. The number of hydrogen-bond acceptors (Lipinski definition) is 3. The van der Waals surface area contributed by atoms with Gasteiger partial charge in [-0.15, -0.1) is 0 Å². The lowest BCUT2D eigenvalue weighted by molar-refractivity contribution is 0.888. The zero-order valence-electron chi connectivity index (χ0n) is 14.3. The van der Waals surface area contributed by atoms with Gasteiger partial charge in [0.05, 0.1) is 11.4 Å². The van der Waals surface area contributed by atoms with Crippen molar-refractivity contribution in [1.29, 1.82) is 0 Å². The van der Waals surface area contributed by atoms with Crippen LogP contribution in [0.25, 0.3) is 11.3 Å². The minimum Gasteiger partial charge on any atom is -0.341 e. The first-order valence-corrected chi connectivity index (χ1v) is 8.64. The summed E-state index contributed by atoms with van der Waals surface area (Å²) < 4.78 is 0. The Morgan fingerprint density at radius 1 is 0.833 bits per heavy atom. The molecule has 1 aromatic carbocycles. The molecule has 0 amide bonds. The van der Waals surface area contributed by atoms with Crippen molar-refractivity contribution in [3.63, 3.8) is 0 Å². The fraction of sp³-hybridized carbons (Fsp3) is 0.286. The first kappa shape index (κ1) is 15.6. The third kappa shape index (κ3) is 3.04. The predicted octanol–water partition coefficient (Wildman–Crippen LogP) is 4.11. The van der Waals surface area contributed by atoms with E-state index in [0.29, 0.717) is 0 Å². The largest absolute Gasteiger partial charge is 0.341 e. The van der Waals surface area contributed by atoms with Crippen molar-refractivity contribution in [2.45, 2.75) is 26.7 Å². The van der Waals surface area contributed by atoms with E-state index >= 15 is 0 Å². The Morgan fingerprint density at radius 3 is 2.25 bits per heavy atom. The summed E-state index contributed by atoms with van der Waals surface area (Å²) in [5.41, 5.74) is 5.78. The van der Waals surface area contributed by atoms with Crippen molar-refractivity contribution in [1.82, 2.24) is 9.97 Å². The van der Waals surface area contributed by atoms with Crippen LogP contribution in [-0.4, -0.2) is 23.1 Å². The molecule has 1 aliphatic carbocycles. The minimum absolute atomic E-state index is 0.861. The van der Waals surface area contributed by atoms with Gasteiger partial charge in [0.25, 0.3) is 0 Å². The SMILES string of the molecule is Cc1ccc(-c2cc([C]3[CH][CH][CH][CH]3)nc(N3CCCC3)n2)cc1C. The van der Waals surface area contributed by atoms with Crippen LogP contribution >= 0.6 is 0 Å². The first-order valence-electron chi connectivity index (χ1n) is 8.64. The average Bonchev–Trinajstić information content (AvgIpc) is 3.30. The molecule has 0 unspecified atom stereocenters. The number of nitrogens with zero attached hydrogens (tertiary/aromatic N) is 3. The number of aromatic nitrogens is 2. The van der Waals surface area contributed by atoms with E-state index in [1.165, 1.54) is 24.0 Å². The Hall–Kier alpha value is -1.90. The molecule has 1 saturated carbocycles. The molecule has 2 fully saturated rings. The van der Waals surface area contributed by atoms with Gasteiger partial charge in [-0.05, 0) is 75.6 Å². The lowest BCUT2D eigenvalue weighted by Crippen LogP contribution is -2.21. The molecule has 3 nitrogen and oxygen atoms in total. The van der Waals surface area contributed by atoms with Crippen molar-refractivity contribution in [3.8, 4) is 11.3 Å². The standard InChI is InChI=1S/C21H22N3/c1-15-9-10-18(13-16(15)2)20-14-19(17-7-3-4-8-17)22-21(23-20)24-11-5-6-12-24/h3-4,7-10,13-14H,5-6,11-12H2,1-2H3. The van der Waals surface area contributed by atoms with Gasteiger partial charge in [0.1, 0.15) is 0 Å². The van der Waals surface area contributed by atoms with Gasteiger partial charge in [0, 0.05) is 24.6 Å². The third-order valence-electron chi connectivity index (χ3n) is 4.86. The lowest BCUT2D eigenvalue weighted by atomic mass is 10.00. The van der Waals surface area contributed by atoms with Gasteiger partial charge in [-0.2, -0.15) is 0 Å². The smallest absolute Gasteiger partial charge is 0.226 e. The molecule has 121 valence electrons. The van der Waals surface area contributed by atoms with Crippen molar-refractivity contribution in [2.24, 2.45) is 0 Å². The molecule has 2 aliphatic rings. The summed E-state index contributed by atoms with van der Waals surface area (Å²) in [6.07, 6.45) is 10.8. The van der Waals surface area contributed by atoms with E-state index in [2.05, 4.69) is 68.7 Å². The number of aryl methyl sites for hydroxylation is 2. The summed E-state index contributed by atoms with van der Waals surface area (Å²) >= 11 is 0. The van der Waals surface area contributed by atoms with Crippen LogP contribution in [0.4, 0.5) is 5.95 Å². The molecule has 5 radical (unpaired) electrons. The summed E-state index contributed by atoms with van der Waals surface area (Å²) in [4.78, 5) is 12.0. The Balaban J connectivity index is 1.77. The summed E-state index contributed by atoms with van der Waals surface area (Å²) in [7, 11) is 0. The van der Waals surface area contributed by atoms with Crippen LogP contribution in [0.15, 0.2) is 24.3 Å². The van der Waals surface area contributed by atoms with E-state index in [9.17, 15) is 0 Å². The zero-order valence-corrected chi connectivity index (χ0v) is 14.3. The second kappa shape index (κ2) is 6.54. The second-order valence-corrected chi connectivity index (χ2v) is 6.61. The third-order valence-corrected chi connectivity index (χ3v) is 4.86. The van der Waals surface area contributed by atoms with Crippen molar-refractivity contribution in [3.05, 3.63) is 72.7 Å². The zero-order chi connectivity index (χ0) is 16.5. The van der Waals surface area contributed by atoms with E-state index in [1.54, 1.807) is 0 Å². The van der Waals surface area contributed by atoms with Crippen LogP contribution in [0.1, 0.15) is 29.7 Å². The highest BCUT2D eigenvalue weighted by Crippen LogP contribution is 2.33. The van der Waals surface area contributed by atoms with E-state index in [1.807, 2.05) is 0 Å². The summed E-state index contributed by atoms with van der Waals surface area (Å²) in [5, 5.41) is 0. The average molecular weight is 316 g/mol. The highest BCUT2D eigenvalue weighted by atomic mass is 15.3. The molecule has 24 heavy (non-hydrogen) atoms. The normalized spacial score (nSPS) is 18.5. The van der Waals surface area contributed by atoms with Gasteiger partial charge >= 0.3 is 0 Å². The molecule has 1 saturated heterocycles. The molecule has 2 aromatic rings. The molecule has 1 aliphatic heterocycles. The van der Waals surface area contributed by atoms with Crippen molar-refractivity contribution >= 4 is 5.95 Å². The van der Waals surface area contributed by atoms with Gasteiger partial charge in [0.2, 0.25) is 5.95 Å². The topological polar surface area (TPSA) is 29.0 Å². The minimum atomic E-state index is 0.861. The fourth-order valence-corrected chi connectivity index (χ4v) is 3.23. The molecular weight excluding hydrogens is 294 g/mol. The molecule has 4 rings (SSSR count). The van der Waals surface area contributed by atoms with Gasteiger partial charge in [0.15, 0.2) is 0 Å². The van der Waals surface area contributed by atoms with Gasteiger partial charge < -0.3 is 4.90 Å². The number of benzene rings is 1. The molecule has 0 N–H and O–H groups in total. The van der Waals surface area contributed by atoms with Crippen molar-refractivity contribution in [2.75, 3.05) is 18.0 Å². The quantitative estimate of drug-likeness (QED) is 0.853. The summed E-state index contributed by atoms with van der Waals surface area (Å²) in [6, 6.07) is 8.66. The van der Waals surface area contributed by atoms with E-state index in [0.717, 1.165) is 41.9 Å². The van der Waals surface area contributed by atoms with Gasteiger partial charge in [-0.25, -0.2) is 9.97 Å². The highest BCUT2D eigenvalue weighted by molar-refractivity contribution is 5.65. The summed E-state index contributed by atoms with van der Waals surface area (Å²) in [5.74, 6) is 2.02. The molecule has 0 atom stereocenters. The highest BCUT2D eigenvalue weighted by Gasteiger charge is 2.24. The second-order valence-electron chi connectivity index (χ2n) is 6.61. The lowest BCUT2D eigenvalue weighted by Gasteiger charge is -2.19. The van der Waals surface area contributed by atoms with Gasteiger partial charge in [-0.1, -0.05) is 12.1 Å². The van der Waals surface area contributed by atoms with E-state index in [-0.39, 0.29) is 0 Å². The Labute approximate surface area is 145 Å². The van der Waals surface area contributed by atoms with E-state index in [4.69, 9.17) is 9.97 Å². The number of anilines is 1. The molecule has 0 spiro atoms.